The van der Waals surface area contributed by atoms with E-state index in [0.29, 0.717) is 10.6 Å². The molecule has 132 valence electrons. The van der Waals surface area contributed by atoms with Gasteiger partial charge in [-0.25, -0.2) is 0 Å². The number of aliphatic hydroxyl groups excluding tert-OH is 1. The van der Waals surface area contributed by atoms with Crippen LogP contribution in [0.2, 0.25) is 0 Å². The first kappa shape index (κ1) is 18.6. The predicted octanol–water partition coefficient (Wildman–Crippen LogP) is 5.55. The molecule has 0 spiro atoms. The van der Waals surface area contributed by atoms with E-state index < -0.39 is 23.1 Å². The van der Waals surface area contributed by atoms with Gasteiger partial charge in [0.05, 0.1) is 15.3 Å². The lowest BCUT2D eigenvalue weighted by Crippen LogP contribution is -2.14. The van der Waals surface area contributed by atoms with Gasteiger partial charge in [0.25, 0.3) is 0 Å². The highest BCUT2D eigenvalue weighted by atomic mass is 31.3. The van der Waals surface area contributed by atoms with Gasteiger partial charge in [0.15, 0.2) is 7.21 Å². The third-order valence-corrected chi connectivity index (χ3v) is 11.0. The molecular formula is C15H17F2N3O2P3+. The van der Waals surface area contributed by atoms with Crippen LogP contribution in [0.4, 0.5) is 8.39 Å². The Bertz CT molecular complexity index is 833. The molecule has 0 aromatic heterocycles. The number of halogens is 2. The summed E-state index contributed by atoms with van der Waals surface area (Å²) in [5.74, 6) is 0. The van der Waals surface area contributed by atoms with Crippen molar-refractivity contribution in [2.75, 3.05) is 13.2 Å². The molecule has 2 atom stereocenters. The number of hydrogen-bond acceptors (Lipinski definition) is 5. The first-order chi connectivity index (χ1) is 12.1. The van der Waals surface area contributed by atoms with Crippen LogP contribution in [0, 0.1) is 0 Å². The minimum atomic E-state index is -4.15. The fourth-order valence-electron chi connectivity index (χ4n) is 2.34. The van der Waals surface area contributed by atoms with Gasteiger partial charge in [-0.15, -0.1) is 0 Å². The Labute approximate surface area is 146 Å². The lowest BCUT2D eigenvalue weighted by molar-refractivity contribution is 0.237. The van der Waals surface area contributed by atoms with Crippen molar-refractivity contribution in [2.24, 2.45) is 13.5 Å². The predicted molar refractivity (Wildman–Crippen MR) is 100 cm³/mol. The molecule has 0 saturated carbocycles. The van der Waals surface area contributed by atoms with Crippen LogP contribution in [0.25, 0.3) is 0 Å². The second-order valence-corrected chi connectivity index (χ2v) is 11.2. The maximum Gasteiger partial charge on any atom is 0.593 e. The van der Waals surface area contributed by atoms with E-state index in [1.54, 1.807) is 48.5 Å². The molecule has 0 fully saturated rings. The summed E-state index contributed by atoms with van der Waals surface area (Å²) in [6.45, 7) is -0.215. The molecule has 1 N–H and O–H groups in total. The van der Waals surface area contributed by atoms with Gasteiger partial charge in [-0.2, -0.15) is 8.71 Å². The van der Waals surface area contributed by atoms with Gasteiger partial charge < -0.3 is 9.63 Å². The van der Waals surface area contributed by atoms with Gasteiger partial charge in [0.1, 0.15) is 0 Å². The van der Waals surface area contributed by atoms with Gasteiger partial charge in [0.2, 0.25) is 0 Å². The number of benzene rings is 2. The van der Waals surface area contributed by atoms with Crippen molar-refractivity contribution in [3.8, 4) is 0 Å². The number of nitrogens with zero attached hydrogens (tertiary/aromatic N) is 3. The van der Waals surface area contributed by atoms with Gasteiger partial charge in [-0.3, -0.25) is 0 Å². The molecule has 25 heavy (non-hydrogen) atoms. The van der Waals surface area contributed by atoms with Crippen molar-refractivity contribution >= 4 is 33.7 Å². The van der Waals surface area contributed by atoms with Gasteiger partial charge >= 0.3 is 15.9 Å². The molecule has 0 radical (unpaired) electrons. The van der Waals surface area contributed by atoms with Crippen LogP contribution in [-0.4, -0.2) is 18.3 Å². The highest BCUT2D eigenvalue weighted by Crippen LogP contribution is 2.73. The molecule has 0 saturated heterocycles. The third kappa shape index (κ3) is 4.13. The Morgan fingerprint density at radius 2 is 1.56 bits per heavy atom. The number of rotatable bonds is 6. The summed E-state index contributed by atoms with van der Waals surface area (Å²) >= 11 is 0. The van der Waals surface area contributed by atoms with Crippen molar-refractivity contribution in [3.63, 3.8) is 0 Å². The van der Waals surface area contributed by atoms with Crippen LogP contribution in [0.15, 0.2) is 74.2 Å². The van der Waals surface area contributed by atoms with Crippen LogP contribution < -0.4 is 10.6 Å². The van der Waals surface area contributed by atoms with Crippen molar-refractivity contribution in [2.45, 2.75) is 6.42 Å². The van der Waals surface area contributed by atoms with E-state index in [-0.39, 0.29) is 19.6 Å². The fraction of sp³-hybridized carbons (Fsp3) is 0.200. The Kier molecular flexibility index (Phi) is 5.93. The van der Waals surface area contributed by atoms with Gasteiger partial charge in [0, 0.05) is 17.2 Å². The van der Waals surface area contributed by atoms with E-state index in [1.807, 2.05) is 12.1 Å². The van der Waals surface area contributed by atoms with Crippen LogP contribution >= 0.6 is 23.1 Å². The lowest BCUT2D eigenvalue weighted by atomic mass is 10.4. The molecule has 10 heteroatoms. The normalized spacial score (nSPS) is 23.2. The van der Waals surface area contributed by atoms with Crippen molar-refractivity contribution in [3.05, 3.63) is 60.7 Å². The summed E-state index contributed by atoms with van der Waals surface area (Å²) in [5, 5.41) is 10.2. The maximum atomic E-state index is 15.2. The second kappa shape index (κ2) is 7.99. The molecule has 1 heterocycles. The average Bonchev–Trinajstić information content (AvgIpc) is 2.62. The van der Waals surface area contributed by atoms with E-state index in [1.165, 1.54) is 0 Å². The van der Waals surface area contributed by atoms with E-state index in [0.717, 1.165) is 0 Å². The molecular weight excluding hydrogens is 385 g/mol. The first-order valence-corrected chi connectivity index (χ1v) is 11.9. The van der Waals surface area contributed by atoms with Crippen LogP contribution in [0.5, 0.6) is 0 Å². The second-order valence-electron chi connectivity index (χ2n) is 5.16. The molecule has 1 unspecified atom stereocenters. The highest BCUT2D eigenvalue weighted by molar-refractivity contribution is 7.88. The Balaban J connectivity index is 2.22. The zero-order chi connectivity index (χ0) is 17.8. The quantitative estimate of drug-likeness (QED) is 0.509. The van der Waals surface area contributed by atoms with Crippen LogP contribution in [-0.2, 0) is 4.52 Å². The Morgan fingerprint density at radius 3 is 2.08 bits per heavy atom. The molecule has 2 aromatic carbocycles. The molecule has 0 amide bonds. The minimum absolute atomic E-state index is 0.0689. The summed E-state index contributed by atoms with van der Waals surface area (Å²) in [7, 11) is -9.92. The minimum Gasteiger partial charge on any atom is -0.396 e. The van der Waals surface area contributed by atoms with E-state index in [4.69, 9.17) is 9.63 Å². The molecule has 3 rings (SSSR count). The summed E-state index contributed by atoms with van der Waals surface area (Å²) in [5.41, 5.74) is 0. The van der Waals surface area contributed by atoms with E-state index in [9.17, 15) is 4.20 Å². The smallest absolute Gasteiger partial charge is 0.396 e. The van der Waals surface area contributed by atoms with Crippen molar-refractivity contribution < 1.29 is 18.0 Å². The van der Waals surface area contributed by atoms with E-state index >= 15 is 4.20 Å². The third-order valence-electron chi connectivity index (χ3n) is 3.42. The summed E-state index contributed by atoms with van der Waals surface area (Å²) in [4.78, 5) is 0. The molecule has 5 nitrogen and oxygen atoms in total. The average molecular weight is 402 g/mol. The standard InChI is InChI=1S/C15H17F2N3O2P3/c16-23-18-24(14-8-3-1-4-9-14,15-10-5-2-6-11-15)20-25(17,19-23)22-13-7-12-21/h1-6,8-11,21H,7,12-13H2/q+1/t25-/m1/s1. The number of aliphatic hydroxyl groups is 1. The molecule has 2 aromatic rings. The zero-order valence-electron chi connectivity index (χ0n) is 13.2. The van der Waals surface area contributed by atoms with Gasteiger partial charge in [-0.05, 0) is 10.9 Å². The molecule has 0 bridgehead atoms. The largest absolute Gasteiger partial charge is 0.593 e. The Morgan fingerprint density at radius 1 is 1.00 bits per heavy atom. The van der Waals surface area contributed by atoms with Gasteiger partial charge in [-0.1, -0.05) is 60.7 Å². The fourth-order valence-corrected chi connectivity index (χ4v) is 10.5. The topological polar surface area (TPSA) is 66.5 Å². The van der Waals surface area contributed by atoms with Crippen molar-refractivity contribution in [1.82, 2.24) is 0 Å². The zero-order valence-corrected chi connectivity index (χ0v) is 15.9. The Hall–Kier alpha value is -1.22. The molecule has 1 aliphatic heterocycles. The first-order valence-electron chi connectivity index (χ1n) is 7.59. The summed E-state index contributed by atoms with van der Waals surface area (Å²) in [6.07, 6.45) is 0.236. The van der Waals surface area contributed by atoms with Crippen LogP contribution in [0.3, 0.4) is 0 Å². The maximum absolute atomic E-state index is 15.2. The summed E-state index contributed by atoms with van der Waals surface area (Å²) in [6, 6.07) is 17.9. The lowest BCUT2D eigenvalue weighted by Gasteiger charge is -2.21. The van der Waals surface area contributed by atoms with Crippen molar-refractivity contribution in [1.29, 1.82) is 0 Å². The number of hydrogen-bond donors (Lipinski definition) is 1. The monoisotopic (exact) mass is 402 g/mol. The SMILES string of the molecule is OCCCO[P@@]1(F)=NP(c2ccccc2)(c2ccccc2)=N[P+](F)=N1. The summed E-state index contributed by atoms with van der Waals surface area (Å²) < 4.78 is 46.8. The van der Waals surface area contributed by atoms with E-state index in [2.05, 4.69) is 13.5 Å². The molecule has 0 aliphatic carbocycles. The molecule has 1 aliphatic rings. The highest BCUT2D eigenvalue weighted by Gasteiger charge is 2.42. The van der Waals surface area contributed by atoms with Crippen LogP contribution in [0.1, 0.15) is 6.42 Å².